The molecule has 0 bridgehead atoms. The fourth-order valence-corrected chi connectivity index (χ4v) is 3.73. The van der Waals surface area contributed by atoms with Gasteiger partial charge in [0.15, 0.2) is 6.00 Å². The minimum absolute atomic E-state index is 0. The summed E-state index contributed by atoms with van der Waals surface area (Å²) in [6.45, 7) is 7.12. The molecule has 0 atom stereocenters. The molecule has 0 heterocycles. The van der Waals surface area contributed by atoms with Crippen LogP contribution >= 0.6 is 11.6 Å². The van der Waals surface area contributed by atoms with Gasteiger partial charge in [0.05, 0.1) is 20.1 Å². The molecular weight excluding hydrogens is 349 g/mol. The second-order valence-corrected chi connectivity index (χ2v) is 8.38. The van der Waals surface area contributed by atoms with Crippen LogP contribution in [0.3, 0.4) is 0 Å². The summed E-state index contributed by atoms with van der Waals surface area (Å²) in [4.78, 5) is 0. The number of alkyl halides is 1. The molecular formula is C22H47Cl2N. The van der Waals surface area contributed by atoms with Gasteiger partial charge in [0.25, 0.3) is 0 Å². The quantitative estimate of drug-likeness (QED) is 0.126. The summed E-state index contributed by atoms with van der Waals surface area (Å²) in [7, 11) is 2.36. The highest BCUT2D eigenvalue weighted by Crippen LogP contribution is 2.15. The van der Waals surface area contributed by atoms with Crippen LogP contribution in [0.1, 0.15) is 117 Å². The maximum atomic E-state index is 6.28. The monoisotopic (exact) mass is 395 g/mol. The Balaban J connectivity index is 0. The predicted octanol–water partition coefficient (Wildman–Crippen LogP) is 4.91. The van der Waals surface area contributed by atoms with Crippen molar-refractivity contribution in [2.45, 2.75) is 117 Å². The third-order valence-electron chi connectivity index (χ3n) is 5.39. The molecule has 154 valence electrons. The van der Waals surface area contributed by atoms with Gasteiger partial charge in [-0.05, 0) is 25.7 Å². The zero-order chi connectivity index (χ0) is 17.9. The van der Waals surface area contributed by atoms with E-state index in [0.29, 0.717) is 0 Å². The molecule has 0 unspecified atom stereocenters. The first-order valence-electron chi connectivity index (χ1n) is 11.1. The van der Waals surface area contributed by atoms with Crippen molar-refractivity contribution < 1.29 is 16.9 Å². The molecule has 0 N–H and O–H groups in total. The molecule has 0 aliphatic heterocycles. The van der Waals surface area contributed by atoms with E-state index < -0.39 is 0 Å². The van der Waals surface area contributed by atoms with E-state index >= 15 is 0 Å². The highest BCUT2D eigenvalue weighted by atomic mass is 35.5. The van der Waals surface area contributed by atoms with E-state index in [4.69, 9.17) is 11.6 Å². The minimum Gasteiger partial charge on any atom is -1.00 e. The molecule has 0 aromatic rings. The Morgan fingerprint density at radius 2 is 0.800 bits per heavy atom. The average molecular weight is 397 g/mol. The van der Waals surface area contributed by atoms with Crippen molar-refractivity contribution in [3.63, 3.8) is 0 Å². The minimum atomic E-state index is 0. The Morgan fingerprint density at radius 1 is 0.520 bits per heavy atom. The topological polar surface area (TPSA) is 0 Å². The summed E-state index contributed by atoms with van der Waals surface area (Å²) >= 11 is 6.28. The summed E-state index contributed by atoms with van der Waals surface area (Å²) < 4.78 is 1.08. The maximum Gasteiger partial charge on any atom is 0.154 e. The van der Waals surface area contributed by atoms with Crippen LogP contribution < -0.4 is 12.4 Å². The van der Waals surface area contributed by atoms with E-state index in [1.165, 1.54) is 116 Å². The number of quaternary nitrogens is 1. The van der Waals surface area contributed by atoms with E-state index in [2.05, 4.69) is 20.9 Å². The highest BCUT2D eigenvalue weighted by molar-refractivity contribution is 6.16. The number of halogens is 2. The molecule has 0 aliphatic carbocycles. The fourth-order valence-electron chi connectivity index (χ4n) is 3.49. The Kier molecular flexibility index (Phi) is 23.1. The molecule has 0 aliphatic rings. The van der Waals surface area contributed by atoms with Crippen LogP contribution in [0.5, 0.6) is 0 Å². The lowest BCUT2D eigenvalue weighted by atomic mass is 10.1. The molecule has 0 rings (SSSR count). The Bertz CT molecular complexity index is 226. The van der Waals surface area contributed by atoms with Gasteiger partial charge in [-0.3, -0.25) is 0 Å². The lowest BCUT2D eigenvalue weighted by Gasteiger charge is -2.32. The molecule has 0 amide bonds. The Morgan fingerprint density at radius 3 is 1.08 bits per heavy atom. The maximum absolute atomic E-state index is 6.28. The number of unbranched alkanes of at least 4 members (excludes halogenated alkanes) is 14. The van der Waals surface area contributed by atoms with Crippen LogP contribution in [0.15, 0.2) is 0 Å². The van der Waals surface area contributed by atoms with Gasteiger partial charge in [-0.1, -0.05) is 102 Å². The number of hydrogen-bond donors (Lipinski definition) is 0. The zero-order valence-corrected chi connectivity index (χ0v) is 19.2. The fraction of sp³-hybridized carbons (Fsp3) is 1.00. The third-order valence-corrected chi connectivity index (χ3v) is 5.97. The molecule has 0 saturated heterocycles. The van der Waals surface area contributed by atoms with Crippen LogP contribution in [-0.4, -0.2) is 30.6 Å². The first-order chi connectivity index (χ1) is 11.7. The normalized spacial score (nSPS) is 11.5. The van der Waals surface area contributed by atoms with Gasteiger partial charge in [-0.25, -0.2) is 0 Å². The van der Waals surface area contributed by atoms with E-state index in [1.54, 1.807) is 0 Å². The Labute approximate surface area is 171 Å². The average Bonchev–Trinajstić information content (AvgIpc) is 2.59. The van der Waals surface area contributed by atoms with Gasteiger partial charge < -0.3 is 16.9 Å². The van der Waals surface area contributed by atoms with Gasteiger partial charge in [-0.15, -0.1) is 0 Å². The van der Waals surface area contributed by atoms with Crippen LogP contribution in [0.2, 0.25) is 0 Å². The van der Waals surface area contributed by atoms with Gasteiger partial charge in [0.2, 0.25) is 0 Å². The van der Waals surface area contributed by atoms with Crippen molar-refractivity contribution in [1.29, 1.82) is 0 Å². The molecule has 3 heteroatoms. The zero-order valence-electron chi connectivity index (χ0n) is 17.6. The van der Waals surface area contributed by atoms with Crippen LogP contribution in [0.4, 0.5) is 0 Å². The van der Waals surface area contributed by atoms with Crippen molar-refractivity contribution in [2.75, 3.05) is 26.1 Å². The molecule has 0 spiro atoms. The summed E-state index contributed by atoms with van der Waals surface area (Å²) in [5, 5.41) is 0. The van der Waals surface area contributed by atoms with E-state index in [1.807, 2.05) is 0 Å². The van der Waals surface area contributed by atoms with Gasteiger partial charge >= 0.3 is 0 Å². The second-order valence-electron chi connectivity index (χ2n) is 8.14. The SMILES string of the molecule is CCCCCCCCCC[N+](C)(CCl)CCCCCCCCCC.[Cl-]. The highest BCUT2D eigenvalue weighted by Gasteiger charge is 2.18. The number of hydrogen-bond acceptors (Lipinski definition) is 0. The lowest BCUT2D eigenvalue weighted by molar-refractivity contribution is -0.899. The van der Waals surface area contributed by atoms with Gasteiger partial charge in [0, 0.05) is 0 Å². The molecule has 0 radical (unpaired) electrons. The molecule has 0 aromatic carbocycles. The summed E-state index contributed by atoms with van der Waals surface area (Å²) in [6.07, 6.45) is 22.5. The van der Waals surface area contributed by atoms with Crippen LogP contribution in [0, 0.1) is 0 Å². The molecule has 0 fully saturated rings. The predicted molar refractivity (Wildman–Crippen MR) is 112 cm³/mol. The van der Waals surface area contributed by atoms with Crippen molar-refractivity contribution in [3.05, 3.63) is 0 Å². The Hall–Kier alpha value is 0.540. The summed E-state index contributed by atoms with van der Waals surface area (Å²) in [5.41, 5.74) is 0. The molecule has 1 nitrogen and oxygen atoms in total. The van der Waals surface area contributed by atoms with E-state index in [0.717, 1.165) is 10.5 Å². The van der Waals surface area contributed by atoms with E-state index in [9.17, 15) is 0 Å². The van der Waals surface area contributed by atoms with Crippen molar-refractivity contribution in [3.8, 4) is 0 Å². The lowest BCUT2D eigenvalue weighted by Crippen LogP contribution is -3.00. The van der Waals surface area contributed by atoms with Crippen LogP contribution in [0.25, 0.3) is 0 Å². The third kappa shape index (κ3) is 19.1. The van der Waals surface area contributed by atoms with Gasteiger partial charge in [0.1, 0.15) is 0 Å². The number of rotatable bonds is 19. The molecule has 0 saturated carbocycles. The largest absolute Gasteiger partial charge is 1.00 e. The number of nitrogens with zero attached hydrogens (tertiary/aromatic N) is 1. The first kappa shape index (κ1) is 27.8. The summed E-state index contributed by atoms with van der Waals surface area (Å²) in [6, 6.07) is 0.785. The molecule has 25 heavy (non-hydrogen) atoms. The van der Waals surface area contributed by atoms with Gasteiger partial charge in [-0.2, -0.15) is 0 Å². The van der Waals surface area contributed by atoms with Crippen LogP contribution in [-0.2, 0) is 0 Å². The van der Waals surface area contributed by atoms with Crippen molar-refractivity contribution in [2.24, 2.45) is 0 Å². The summed E-state index contributed by atoms with van der Waals surface area (Å²) in [5.74, 6) is 0. The van der Waals surface area contributed by atoms with Crippen molar-refractivity contribution >= 4 is 11.6 Å². The first-order valence-corrected chi connectivity index (χ1v) is 11.6. The standard InChI is InChI=1S/C22H47ClN.ClH/c1-4-6-8-10-12-14-16-18-20-24(3,22-23)21-19-17-15-13-11-9-7-5-2;/h4-22H2,1-3H3;1H/q+1;/p-1. The molecule has 0 aromatic heterocycles. The van der Waals surface area contributed by atoms with Crippen molar-refractivity contribution in [1.82, 2.24) is 0 Å². The smallest absolute Gasteiger partial charge is 0.154 e. The van der Waals surface area contributed by atoms with E-state index in [-0.39, 0.29) is 12.4 Å². The second kappa shape index (κ2) is 20.8.